The zero-order valence-corrected chi connectivity index (χ0v) is 13.7. The van der Waals surface area contributed by atoms with E-state index in [0.29, 0.717) is 24.5 Å². The highest BCUT2D eigenvalue weighted by Crippen LogP contribution is 2.14. The number of carbonyl (C=O) groups excluding carboxylic acids is 2. The zero-order chi connectivity index (χ0) is 17.8. The molecule has 0 bridgehead atoms. The number of hydrogen-bond donors (Lipinski definition) is 2. The van der Waals surface area contributed by atoms with Crippen molar-refractivity contribution in [3.8, 4) is 0 Å². The molecule has 2 N–H and O–H groups in total. The van der Waals surface area contributed by atoms with E-state index >= 15 is 0 Å². The van der Waals surface area contributed by atoms with Gasteiger partial charge < -0.3 is 15.0 Å². The Morgan fingerprint density at radius 1 is 1.36 bits per heavy atom. The number of para-hydroxylation sites is 1. The first-order valence-electron chi connectivity index (χ1n) is 7.86. The maximum atomic E-state index is 12.5. The van der Waals surface area contributed by atoms with Gasteiger partial charge in [0.1, 0.15) is 12.6 Å². The molecule has 1 saturated heterocycles. The molecule has 0 saturated carbocycles. The van der Waals surface area contributed by atoms with Crippen LogP contribution in [0.4, 0.5) is 5.69 Å². The normalized spacial score (nSPS) is 17.6. The van der Waals surface area contributed by atoms with Gasteiger partial charge >= 0.3 is 11.3 Å². The zero-order valence-electron chi connectivity index (χ0n) is 13.7. The molecule has 25 heavy (non-hydrogen) atoms. The van der Waals surface area contributed by atoms with Crippen molar-refractivity contribution in [2.24, 2.45) is 7.05 Å². The molecule has 1 aromatic heterocycles. The molecule has 2 aromatic rings. The van der Waals surface area contributed by atoms with Crippen LogP contribution in [0.3, 0.4) is 0 Å². The fraction of sp³-hybridized carbons (Fsp3) is 0.375. The standard InChI is InChI=1S/C16H18N4O5/c1-19-12(16(23)25-18-19)10-20-7-8-24-13(15(20)22)9-14(21)17-11-5-3-2-4-6-11/h2-6,13H,7-10H2,1H3,(H-,17,18,21,23)/p+1. The topological polar surface area (TPSA) is 109 Å². The Kier molecular flexibility index (Phi) is 4.94. The van der Waals surface area contributed by atoms with Gasteiger partial charge in [0.25, 0.3) is 5.91 Å². The van der Waals surface area contributed by atoms with E-state index in [1.54, 1.807) is 19.2 Å². The molecular weight excluding hydrogens is 328 g/mol. The Bertz CT molecular complexity index is 813. The number of ether oxygens (including phenoxy) is 1. The van der Waals surface area contributed by atoms with E-state index < -0.39 is 11.7 Å². The first-order chi connectivity index (χ1) is 12.0. The summed E-state index contributed by atoms with van der Waals surface area (Å²) in [5.74, 6) is -0.631. The molecule has 1 fully saturated rings. The van der Waals surface area contributed by atoms with Crippen molar-refractivity contribution in [1.82, 2.24) is 10.2 Å². The van der Waals surface area contributed by atoms with Gasteiger partial charge in [0, 0.05) is 12.2 Å². The highest BCUT2D eigenvalue weighted by Gasteiger charge is 2.34. The van der Waals surface area contributed by atoms with Crippen LogP contribution in [0.25, 0.3) is 0 Å². The van der Waals surface area contributed by atoms with Gasteiger partial charge in [-0.25, -0.2) is 4.79 Å². The number of hydrogen-bond acceptors (Lipinski definition) is 5. The number of anilines is 1. The van der Waals surface area contributed by atoms with Crippen molar-refractivity contribution in [2.75, 3.05) is 18.5 Å². The Hall–Kier alpha value is -2.94. The Morgan fingerprint density at radius 2 is 2.12 bits per heavy atom. The first-order valence-corrected chi connectivity index (χ1v) is 7.86. The summed E-state index contributed by atoms with van der Waals surface area (Å²) < 4.78 is 11.5. The second-order valence-electron chi connectivity index (χ2n) is 5.72. The molecule has 1 aromatic carbocycles. The minimum Gasteiger partial charge on any atom is -0.366 e. The molecule has 1 aliphatic heterocycles. The van der Waals surface area contributed by atoms with Crippen molar-refractivity contribution < 1.29 is 23.5 Å². The van der Waals surface area contributed by atoms with Crippen molar-refractivity contribution in [3.05, 3.63) is 46.4 Å². The third-order valence-electron chi connectivity index (χ3n) is 3.95. The summed E-state index contributed by atoms with van der Waals surface area (Å²) >= 11 is 0. The number of aromatic amines is 1. The van der Waals surface area contributed by atoms with E-state index in [9.17, 15) is 14.4 Å². The Balaban J connectivity index is 1.62. The molecular formula is C16H19N4O5+. The number of carbonyl (C=O) groups is 2. The summed E-state index contributed by atoms with van der Waals surface area (Å²) in [5.41, 5.74) is 0.451. The predicted molar refractivity (Wildman–Crippen MR) is 85.4 cm³/mol. The molecule has 0 radical (unpaired) electrons. The smallest absolute Gasteiger partial charge is 0.366 e. The molecule has 2 amide bonds. The monoisotopic (exact) mass is 347 g/mol. The molecule has 0 aliphatic carbocycles. The molecule has 1 atom stereocenters. The van der Waals surface area contributed by atoms with Crippen LogP contribution in [0.2, 0.25) is 0 Å². The van der Waals surface area contributed by atoms with E-state index in [4.69, 9.17) is 4.74 Å². The van der Waals surface area contributed by atoms with Crippen molar-refractivity contribution in [3.63, 3.8) is 0 Å². The lowest BCUT2D eigenvalue weighted by Gasteiger charge is -2.30. The van der Waals surface area contributed by atoms with Gasteiger partial charge in [-0.05, 0) is 17.4 Å². The number of nitrogens with one attached hydrogen (secondary N) is 2. The summed E-state index contributed by atoms with van der Waals surface area (Å²) in [6.45, 7) is 0.746. The SMILES string of the molecule is C[n+]1[nH]oc(=O)c1CN1CCOC(CC(=O)Nc2ccccc2)C1=O. The van der Waals surface area contributed by atoms with Gasteiger partial charge in [0.15, 0.2) is 7.05 Å². The second kappa shape index (κ2) is 7.31. The minimum absolute atomic E-state index is 0.0852. The van der Waals surface area contributed by atoms with E-state index in [2.05, 4.69) is 15.1 Å². The van der Waals surface area contributed by atoms with Crippen molar-refractivity contribution in [2.45, 2.75) is 19.1 Å². The molecule has 132 valence electrons. The lowest BCUT2D eigenvalue weighted by molar-refractivity contribution is -0.746. The number of H-pyrrole nitrogens is 1. The van der Waals surface area contributed by atoms with Gasteiger partial charge in [-0.1, -0.05) is 22.9 Å². The second-order valence-corrected chi connectivity index (χ2v) is 5.72. The third-order valence-corrected chi connectivity index (χ3v) is 3.95. The summed E-state index contributed by atoms with van der Waals surface area (Å²) in [5, 5.41) is 5.13. The summed E-state index contributed by atoms with van der Waals surface area (Å²) in [4.78, 5) is 37.8. The van der Waals surface area contributed by atoms with E-state index in [1.807, 2.05) is 18.2 Å². The van der Waals surface area contributed by atoms with Crippen LogP contribution in [0.1, 0.15) is 12.1 Å². The molecule has 9 nitrogen and oxygen atoms in total. The van der Waals surface area contributed by atoms with Gasteiger partial charge in [-0.15, -0.1) is 0 Å². The summed E-state index contributed by atoms with van der Waals surface area (Å²) in [6.07, 6.45) is -0.952. The molecule has 2 heterocycles. The highest BCUT2D eigenvalue weighted by molar-refractivity contribution is 5.95. The van der Waals surface area contributed by atoms with Crippen LogP contribution in [0.15, 0.2) is 39.6 Å². The fourth-order valence-corrected chi connectivity index (χ4v) is 2.61. The Labute approximate surface area is 143 Å². The van der Waals surface area contributed by atoms with Crippen molar-refractivity contribution >= 4 is 17.5 Å². The minimum atomic E-state index is -0.867. The molecule has 0 spiro atoms. The van der Waals surface area contributed by atoms with Gasteiger partial charge in [-0.2, -0.15) is 0 Å². The van der Waals surface area contributed by atoms with Crippen LogP contribution in [-0.2, 0) is 27.9 Å². The van der Waals surface area contributed by atoms with Crippen LogP contribution in [0, 0.1) is 0 Å². The van der Waals surface area contributed by atoms with Crippen LogP contribution < -0.4 is 15.6 Å². The van der Waals surface area contributed by atoms with Gasteiger partial charge in [-0.3, -0.25) is 14.1 Å². The van der Waals surface area contributed by atoms with Crippen LogP contribution in [-0.4, -0.2) is 41.2 Å². The number of aromatic nitrogens is 2. The largest absolute Gasteiger partial charge is 0.431 e. The molecule has 9 heteroatoms. The first kappa shape index (κ1) is 16.9. The number of morpholine rings is 1. The average Bonchev–Trinajstić information content (AvgIpc) is 2.91. The summed E-state index contributed by atoms with van der Waals surface area (Å²) in [7, 11) is 1.62. The lowest BCUT2D eigenvalue weighted by atomic mass is 10.1. The number of amides is 2. The van der Waals surface area contributed by atoms with Gasteiger partial charge in [0.2, 0.25) is 5.91 Å². The number of aryl methyl sites for hydroxylation is 1. The van der Waals surface area contributed by atoms with Gasteiger partial charge in [0.05, 0.1) is 13.0 Å². The van der Waals surface area contributed by atoms with Crippen LogP contribution in [0.5, 0.6) is 0 Å². The number of benzene rings is 1. The third kappa shape index (κ3) is 3.94. The highest BCUT2D eigenvalue weighted by atomic mass is 16.5. The Morgan fingerprint density at radius 3 is 2.80 bits per heavy atom. The van der Waals surface area contributed by atoms with Crippen LogP contribution >= 0.6 is 0 Å². The maximum Gasteiger partial charge on any atom is 0.431 e. The van der Waals surface area contributed by atoms with E-state index in [1.165, 1.54) is 9.58 Å². The lowest BCUT2D eigenvalue weighted by Crippen LogP contribution is -2.50. The fourth-order valence-electron chi connectivity index (χ4n) is 2.61. The number of rotatable bonds is 5. The molecule has 3 rings (SSSR count). The molecule has 1 aliphatic rings. The van der Waals surface area contributed by atoms with E-state index in [0.717, 1.165) is 0 Å². The quantitative estimate of drug-likeness (QED) is 0.712. The van der Waals surface area contributed by atoms with Crippen molar-refractivity contribution in [1.29, 1.82) is 0 Å². The maximum absolute atomic E-state index is 12.5. The average molecular weight is 347 g/mol. The summed E-state index contributed by atoms with van der Waals surface area (Å²) in [6, 6.07) is 8.99. The molecule has 1 unspecified atom stereocenters. The number of nitrogens with zero attached hydrogens (tertiary/aromatic N) is 2. The van der Waals surface area contributed by atoms with E-state index in [-0.39, 0.29) is 24.8 Å². The predicted octanol–water partition coefficient (Wildman–Crippen LogP) is -0.451.